The van der Waals surface area contributed by atoms with Crippen molar-refractivity contribution in [1.29, 1.82) is 0 Å². The molecule has 3 aliphatic heterocycles. The van der Waals surface area contributed by atoms with E-state index in [2.05, 4.69) is 17.3 Å². The minimum atomic E-state index is -0.0890. The Bertz CT molecular complexity index is 481. The third-order valence-electron chi connectivity index (χ3n) is 5.90. The molecule has 4 atom stereocenters. The van der Waals surface area contributed by atoms with E-state index in [1.54, 1.807) is 7.11 Å². The zero-order valence-corrected chi connectivity index (χ0v) is 15.4. The van der Waals surface area contributed by atoms with E-state index in [0.29, 0.717) is 38.6 Å². The largest absolute Gasteiger partial charge is 0.383 e. The second-order valence-corrected chi connectivity index (χ2v) is 7.56. The molecule has 0 aromatic carbocycles. The van der Waals surface area contributed by atoms with Gasteiger partial charge in [-0.25, -0.2) is 0 Å². The number of carbonyl (C=O) groups excluding carboxylic acids is 2. The second-order valence-electron chi connectivity index (χ2n) is 7.56. The van der Waals surface area contributed by atoms with Crippen LogP contribution in [0.4, 0.5) is 0 Å². The van der Waals surface area contributed by atoms with Crippen molar-refractivity contribution in [1.82, 2.24) is 15.1 Å². The average Bonchev–Trinajstić information content (AvgIpc) is 3.29. The van der Waals surface area contributed by atoms with Crippen molar-refractivity contribution < 1.29 is 19.1 Å². The minimum Gasteiger partial charge on any atom is -0.383 e. The molecule has 0 bridgehead atoms. The van der Waals surface area contributed by atoms with Crippen molar-refractivity contribution in [3.05, 3.63) is 0 Å². The number of hydrogen-bond donors (Lipinski definition) is 1. The number of methoxy groups -OCH3 is 1. The maximum absolute atomic E-state index is 12.6. The lowest BCUT2D eigenvalue weighted by atomic mass is 9.84. The summed E-state index contributed by atoms with van der Waals surface area (Å²) in [6.07, 6.45) is 3.10. The number of fused-ring (bicyclic) bond motifs is 1. The third kappa shape index (κ3) is 4.33. The molecule has 7 nitrogen and oxygen atoms in total. The number of likely N-dealkylation sites (tertiary alicyclic amines) is 2. The van der Waals surface area contributed by atoms with E-state index >= 15 is 0 Å². The topological polar surface area (TPSA) is 71.1 Å². The Morgan fingerprint density at radius 1 is 1.24 bits per heavy atom. The van der Waals surface area contributed by atoms with Crippen LogP contribution in [0.25, 0.3) is 0 Å². The maximum atomic E-state index is 12.6. The summed E-state index contributed by atoms with van der Waals surface area (Å²) in [6, 6.07) is 0.327. The summed E-state index contributed by atoms with van der Waals surface area (Å²) in [6.45, 7) is 4.41. The molecule has 0 spiro atoms. The van der Waals surface area contributed by atoms with Crippen LogP contribution in [0.5, 0.6) is 0 Å². The predicted octanol–water partition coefficient (Wildman–Crippen LogP) is 0.0968. The minimum absolute atomic E-state index is 0.00173. The van der Waals surface area contributed by atoms with E-state index in [9.17, 15) is 9.59 Å². The number of amides is 2. The lowest BCUT2D eigenvalue weighted by molar-refractivity contribution is -0.131. The monoisotopic (exact) mass is 353 g/mol. The van der Waals surface area contributed by atoms with Gasteiger partial charge in [-0.15, -0.1) is 0 Å². The van der Waals surface area contributed by atoms with Gasteiger partial charge < -0.3 is 24.6 Å². The molecule has 3 saturated heterocycles. The SMILES string of the molecule is COCCNC(=O)C[C@@H]1OC[C@@H]2[C@H]1[C@H](CC(=O)N1CCCC1)CN2C. The molecule has 7 heteroatoms. The number of nitrogens with one attached hydrogen (secondary N) is 1. The fourth-order valence-electron chi connectivity index (χ4n) is 4.62. The molecular formula is C18H31N3O4. The smallest absolute Gasteiger partial charge is 0.222 e. The Kier molecular flexibility index (Phi) is 6.30. The van der Waals surface area contributed by atoms with E-state index in [4.69, 9.17) is 9.47 Å². The van der Waals surface area contributed by atoms with Gasteiger partial charge in [-0.05, 0) is 25.8 Å². The van der Waals surface area contributed by atoms with Crippen LogP contribution in [0, 0.1) is 11.8 Å². The Labute approximate surface area is 150 Å². The standard InChI is InChI=1S/C18H31N3O4/c1-20-11-13(9-17(23)21-6-3-4-7-21)18-14(20)12-25-15(18)10-16(22)19-5-8-24-2/h13-15,18H,3-12H2,1-2H3,(H,19,22)/t13-,14-,15+,18-/m1/s1. The lowest BCUT2D eigenvalue weighted by Crippen LogP contribution is -2.36. The fraction of sp³-hybridized carbons (Fsp3) is 0.889. The molecule has 0 aromatic heterocycles. The number of carbonyl (C=O) groups is 2. The van der Waals surface area contributed by atoms with Gasteiger partial charge in [-0.3, -0.25) is 9.59 Å². The summed E-state index contributed by atoms with van der Waals surface area (Å²) in [5.74, 6) is 0.820. The first-order valence-corrected chi connectivity index (χ1v) is 9.45. The molecule has 3 fully saturated rings. The van der Waals surface area contributed by atoms with Crippen LogP contribution in [-0.4, -0.2) is 87.3 Å². The van der Waals surface area contributed by atoms with Gasteiger partial charge in [0, 0.05) is 51.7 Å². The van der Waals surface area contributed by atoms with E-state index in [1.165, 1.54) is 0 Å². The summed E-state index contributed by atoms with van der Waals surface area (Å²) < 4.78 is 10.9. The Morgan fingerprint density at radius 2 is 2.00 bits per heavy atom. The highest BCUT2D eigenvalue weighted by atomic mass is 16.5. The molecule has 2 amide bonds. The Balaban J connectivity index is 1.56. The first-order valence-electron chi connectivity index (χ1n) is 9.45. The van der Waals surface area contributed by atoms with Crippen molar-refractivity contribution in [3.63, 3.8) is 0 Å². The molecule has 3 heterocycles. The zero-order valence-electron chi connectivity index (χ0n) is 15.4. The molecule has 1 N–H and O–H groups in total. The molecule has 0 aliphatic carbocycles. The maximum Gasteiger partial charge on any atom is 0.222 e. The van der Waals surface area contributed by atoms with Gasteiger partial charge in [0.15, 0.2) is 0 Å². The van der Waals surface area contributed by atoms with E-state index in [0.717, 1.165) is 32.5 Å². The molecule has 0 saturated carbocycles. The zero-order chi connectivity index (χ0) is 17.8. The van der Waals surface area contributed by atoms with Crippen molar-refractivity contribution in [2.45, 2.75) is 37.8 Å². The van der Waals surface area contributed by atoms with Gasteiger partial charge >= 0.3 is 0 Å². The third-order valence-corrected chi connectivity index (χ3v) is 5.90. The van der Waals surface area contributed by atoms with Crippen LogP contribution in [0.2, 0.25) is 0 Å². The van der Waals surface area contributed by atoms with Crippen molar-refractivity contribution in [3.8, 4) is 0 Å². The van der Waals surface area contributed by atoms with Crippen molar-refractivity contribution in [2.75, 3.05) is 53.6 Å². The summed E-state index contributed by atoms with van der Waals surface area (Å²) in [5, 5.41) is 2.87. The van der Waals surface area contributed by atoms with Crippen LogP contribution in [0.15, 0.2) is 0 Å². The van der Waals surface area contributed by atoms with Gasteiger partial charge in [-0.1, -0.05) is 0 Å². The Morgan fingerprint density at radius 3 is 2.72 bits per heavy atom. The number of rotatable bonds is 7. The van der Waals surface area contributed by atoms with E-state index in [1.807, 2.05) is 4.90 Å². The van der Waals surface area contributed by atoms with Gasteiger partial charge in [0.05, 0.1) is 25.7 Å². The second kappa shape index (κ2) is 8.47. The molecule has 3 aliphatic rings. The van der Waals surface area contributed by atoms with Gasteiger partial charge in [-0.2, -0.15) is 0 Å². The highest BCUT2D eigenvalue weighted by molar-refractivity contribution is 5.77. The molecular weight excluding hydrogens is 322 g/mol. The van der Waals surface area contributed by atoms with Crippen LogP contribution in [0.3, 0.4) is 0 Å². The number of likely N-dealkylation sites (N-methyl/N-ethyl adjacent to an activating group) is 1. The first kappa shape index (κ1) is 18.6. The highest BCUT2D eigenvalue weighted by Gasteiger charge is 2.50. The number of nitrogens with zero attached hydrogens (tertiary/aromatic N) is 2. The summed E-state index contributed by atoms with van der Waals surface area (Å²) in [5.41, 5.74) is 0. The van der Waals surface area contributed by atoms with Crippen LogP contribution in [-0.2, 0) is 19.1 Å². The molecule has 25 heavy (non-hydrogen) atoms. The normalized spacial score (nSPS) is 32.2. The summed E-state index contributed by atoms with van der Waals surface area (Å²) in [7, 11) is 3.72. The van der Waals surface area contributed by atoms with Gasteiger partial charge in [0.1, 0.15) is 0 Å². The number of hydrogen-bond acceptors (Lipinski definition) is 5. The molecule has 0 aromatic rings. The van der Waals surface area contributed by atoms with Crippen molar-refractivity contribution in [2.24, 2.45) is 11.8 Å². The lowest BCUT2D eigenvalue weighted by Gasteiger charge is -2.24. The summed E-state index contributed by atoms with van der Waals surface area (Å²) >= 11 is 0. The number of ether oxygens (including phenoxy) is 2. The molecule has 3 rings (SSSR count). The van der Waals surface area contributed by atoms with Gasteiger partial charge in [0.25, 0.3) is 0 Å². The van der Waals surface area contributed by atoms with Crippen LogP contribution in [0.1, 0.15) is 25.7 Å². The van der Waals surface area contributed by atoms with Crippen LogP contribution >= 0.6 is 0 Å². The average molecular weight is 353 g/mol. The fourth-order valence-corrected chi connectivity index (χ4v) is 4.62. The quantitative estimate of drug-likeness (QED) is 0.657. The van der Waals surface area contributed by atoms with E-state index < -0.39 is 0 Å². The van der Waals surface area contributed by atoms with Crippen molar-refractivity contribution >= 4 is 11.8 Å². The van der Waals surface area contributed by atoms with Gasteiger partial charge in [0.2, 0.25) is 11.8 Å². The summed E-state index contributed by atoms with van der Waals surface area (Å²) in [4.78, 5) is 29.0. The highest BCUT2D eigenvalue weighted by Crippen LogP contribution is 2.41. The predicted molar refractivity (Wildman–Crippen MR) is 93.1 cm³/mol. The van der Waals surface area contributed by atoms with Crippen LogP contribution < -0.4 is 5.32 Å². The first-order chi connectivity index (χ1) is 12.1. The molecule has 0 unspecified atom stereocenters. The molecule has 142 valence electrons. The van der Waals surface area contributed by atoms with E-state index in [-0.39, 0.29) is 29.8 Å². The Hall–Kier alpha value is -1.18. The molecule has 0 radical (unpaired) electrons.